The highest BCUT2D eigenvalue weighted by Crippen LogP contribution is 2.32. The molecule has 11 nitrogen and oxygen atoms in total. The van der Waals surface area contributed by atoms with Crippen molar-refractivity contribution in [3.8, 4) is 0 Å². The number of cyclic esters (lactones) is 1. The number of alkyl carbamates (subject to hydrolysis) is 1. The van der Waals surface area contributed by atoms with Crippen LogP contribution in [0.5, 0.6) is 0 Å². The van der Waals surface area contributed by atoms with E-state index in [0.29, 0.717) is 0 Å². The topological polar surface area (TPSA) is 118 Å². The summed E-state index contributed by atoms with van der Waals surface area (Å²) >= 11 is 0. The summed E-state index contributed by atoms with van der Waals surface area (Å²) in [5, 5.41) is 3.54. The van der Waals surface area contributed by atoms with Crippen molar-refractivity contribution >= 4 is 35.3 Å². The third-order valence-electron chi connectivity index (χ3n) is 5.93. The van der Waals surface area contributed by atoms with E-state index in [0.717, 1.165) is 22.1 Å². The predicted molar refractivity (Wildman–Crippen MR) is 133 cm³/mol. The predicted octanol–water partition coefficient (Wildman–Crippen LogP) is 3.40. The molecular weight excluding hydrogens is 544 g/mol. The number of hydrogen-bond donors (Lipinski definition) is 1. The van der Waals surface area contributed by atoms with E-state index < -0.39 is 60.1 Å². The van der Waals surface area contributed by atoms with Crippen LogP contribution >= 0.6 is 0 Å². The van der Waals surface area contributed by atoms with Gasteiger partial charge in [0.15, 0.2) is 17.4 Å². The monoisotopic (exact) mass is 576 g/mol. The van der Waals surface area contributed by atoms with Crippen molar-refractivity contribution in [1.29, 1.82) is 0 Å². The van der Waals surface area contributed by atoms with Crippen LogP contribution in [0.15, 0.2) is 12.1 Å². The van der Waals surface area contributed by atoms with Crippen molar-refractivity contribution in [2.24, 2.45) is 0 Å². The number of hydroxylamine groups is 2. The number of hydrogen-bond acceptors (Lipinski definition) is 8. The van der Waals surface area contributed by atoms with Crippen molar-refractivity contribution in [1.82, 2.24) is 10.4 Å². The second kappa shape index (κ2) is 13.2. The molecule has 1 atom stereocenters. The molecule has 0 bridgehead atoms. The molecule has 1 aromatic carbocycles. The minimum atomic E-state index is -3.13. The summed E-state index contributed by atoms with van der Waals surface area (Å²) in [4.78, 5) is 55.3. The molecule has 2 aliphatic rings. The summed E-state index contributed by atoms with van der Waals surface area (Å²) in [6, 6.07) is 1.90. The van der Waals surface area contributed by atoms with Gasteiger partial charge in [-0.15, -0.1) is 0 Å². The van der Waals surface area contributed by atoms with Gasteiger partial charge in [-0.1, -0.05) is 0 Å². The number of ether oxygens (including phenoxy) is 2. The summed E-state index contributed by atoms with van der Waals surface area (Å²) in [6.07, 6.45) is -6.32. The number of ketones is 1. The molecule has 40 heavy (non-hydrogen) atoms. The van der Waals surface area contributed by atoms with Gasteiger partial charge in [-0.05, 0) is 27.2 Å². The fourth-order valence-electron chi connectivity index (χ4n) is 4.08. The number of anilines is 2. The van der Waals surface area contributed by atoms with Crippen LogP contribution in [0, 0.1) is 11.6 Å². The fourth-order valence-corrected chi connectivity index (χ4v) is 4.08. The highest BCUT2D eigenvalue weighted by atomic mass is 19.3. The molecule has 0 unspecified atom stereocenters. The Kier molecular flexibility index (Phi) is 10.2. The molecule has 2 fully saturated rings. The average Bonchev–Trinajstić information content (AvgIpc) is 3.05. The van der Waals surface area contributed by atoms with Gasteiger partial charge in [-0.25, -0.2) is 32.2 Å². The zero-order valence-electron chi connectivity index (χ0n) is 22.4. The Morgan fingerprint density at radius 2 is 1.77 bits per heavy atom. The standard InChI is InChI=1S/C25H32F4N4O7/c1-25(2,3)40-23(36)30-7-6-20(35)33-9-8-31(10-11-38-33)21-17(26)12-15(13-18(21)27)32-14-16(39-24(32)37)4-5-19(34)22(28)29/h12-13,16,22H,4-11,14H2,1-3H3,(H,30,36)/t16-/m0/s1. The normalized spacial score (nSPS) is 18.1. The Morgan fingerprint density at radius 3 is 2.40 bits per heavy atom. The molecule has 2 saturated heterocycles. The van der Waals surface area contributed by atoms with Gasteiger partial charge < -0.3 is 19.7 Å². The molecular formula is C25H32F4N4O7. The highest BCUT2D eigenvalue weighted by molar-refractivity contribution is 5.90. The number of amides is 3. The Labute approximate surface area is 228 Å². The minimum Gasteiger partial charge on any atom is -0.444 e. The van der Waals surface area contributed by atoms with E-state index in [1.54, 1.807) is 20.8 Å². The molecule has 0 radical (unpaired) electrons. The Hall–Kier alpha value is -3.62. The molecule has 222 valence electrons. The lowest BCUT2D eigenvalue weighted by molar-refractivity contribution is -0.181. The van der Waals surface area contributed by atoms with Gasteiger partial charge >= 0.3 is 12.2 Å². The molecule has 0 spiro atoms. The molecule has 1 aromatic rings. The van der Waals surface area contributed by atoms with E-state index in [1.165, 1.54) is 4.90 Å². The molecule has 15 heteroatoms. The lowest BCUT2D eigenvalue weighted by atomic mass is 10.1. The van der Waals surface area contributed by atoms with Crippen LogP contribution in [0.3, 0.4) is 0 Å². The zero-order chi connectivity index (χ0) is 29.6. The molecule has 0 aromatic heterocycles. The number of rotatable bonds is 9. The molecule has 2 heterocycles. The number of nitrogens with zero attached hydrogens (tertiary/aromatic N) is 3. The number of benzene rings is 1. The third kappa shape index (κ3) is 8.44. The maximum Gasteiger partial charge on any atom is 0.414 e. The first-order chi connectivity index (χ1) is 18.7. The van der Waals surface area contributed by atoms with Crippen molar-refractivity contribution in [2.45, 2.75) is 58.2 Å². The second-order valence-electron chi connectivity index (χ2n) is 10.2. The molecule has 3 amide bonds. The van der Waals surface area contributed by atoms with E-state index in [9.17, 15) is 28.0 Å². The van der Waals surface area contributed by atoms with Gasteiger partial charge in [-0.2, -0.15) is 0 Å². The van der Waals surface area contributed by atoms with Crippen LogP contribution < -0.4 is 15.1 Å². The van der Waals surface area contributed by atoms with E-state index in [4.69, 9.17) is 14.3 Å². The number of Topliss-reactive ketones (excluding diaryl/α,β-unsaturated/α-hetero) is 1. The number of halogens is 4. The lowest BCUT2D eigenvalue weighted by Gasteiger charge is -2.24. The highest BCUT2D eigenvalue weighted by Gasteiger charge is 2.34. The van der Waals surface area contributed by atoms with Gasteiger partial charge in [0, 0.05) is 44.6 Å². The third-order valence-corrected chi connectivity index (χ3v) is 5.93. The summed E-state index contributed by atoms with van der Waals surface area (Å²) in [6.45, 7) is 4.98. The SMILES string of the molecule is CC(C)(C)OC(=O)NCCC(=O)N1CCN(c2c(F)cc(N3C[C@H](CCC(=O)C(F)F)OC3=O)cc2F)CCO1. The smallest absolute Gasteiger partial charge is 0.414 e. The Balaban J connectivity index is 1.56. The van der Waals surface area contributed by atoms with Crippen molar-refractivity contribution in [3.63, 3.8) is 0 Å². The molecule has 1 N–H and O–H groups in total. The first-order valence-corrected chi connectivity index (χ1v) is 12.7. The number of carbonyl (C=O) groups is 4. The average molecular weight is 577 g/mol. The van der Waals surface area contributed by atoms with Gasteiger partial charge in [-0.3, -0.25) is 19.3 Å². The summed E-state index contributed by atoms with van der Waals surface area (Å²) < 4.78 is 65.2. The van der Waals surface area contributed by atoms with E-state index >= 15 is 8.78 Å². The number of carbonyl (C=O) groups excluding carboxylic acids is 4. The molecule has 2 aliphatic heterocycles. The van der Waals surface area contributed by atoms with Crippen molar-refractivity contribution in [3.05, 3.63) is 23.8 Å². The van der Waals surface area contributed by atoms with Crippen LogP contribution in [0.1, 0.15) is 40.0 Å². The van der Waals surface area contributed by atoms with E-state index in [1.807, 2.05) is 0 Å². The quantitative estimate of drug-likeness (QED) is 0.445. The largest absolute Gasteiger partial charge is 0.444 e. The maximum atomic E-state index is 15.1. The van der Waals surface area contributed by atoms with Crippen molar-refractivity contribution < 1.29 is 51.1 Å². The fraction of sp³-hybridized carbons (Fsp3) is 0.600. The van der Waals surface area contributed by atoms with Crippen LogP contribution in [0.25, 0.3) is 0 Å². The van der Waals surface area contributed by atoms with Gasteiger partial charge in [0.05, 0.1) is 25.4 Å². The maximum absolute atomic E-state index is 15.1. The van der Waals surface area contributed by atoms with Gasteiger partial charge in [0.2, 0.25) is 5.91 Å². The molecule has 3 rings (SSSR count). The zero-order valence-corrected chi connectivity index (χ0v) is 22.4. The summed E-state index contributed by atoms with van der Waals surface area (Å²) in [7, 11) is 0. The Bertz CT molecular complexity index is 1090. The number of nitrogens with one attached hydrogen (secondary N) is 1. The summed E-state index contributed by atoms with van der Waals surface area (Å²) in [5.41, 5.74) is -1.19. The van der Waals surface area contributed by atoms with E-state index in [2.05, 4.69) is 5.32 Å². The van der Waals surface area contributed by atoms with Gasteiger partial charge in [0.25, 0.3) is 6.43 Å². The first kappa shape index (κ1) is 30.9. The van der Waals surface area contributed by atoms with Gasteiger partial charge in [0.1, 0.15) is 17.4 Å². The first-order valence-electron chi connectivity index (χ1n) is 12.7. The molecule has 0 saturated carbocycles. The Morgan fingerprint density at radius 1 is 1.10 bits per heavy atom. The van der Waals surface area contributed by atoms with Crippen LogP contribution in [-0.2, 0) is 23.9 Å². The molecule has 0 aliphatic carbocycles. The second-order valence-corrected chi connectivity index (χ2v) is 10.2. The number of alkyl halides is 2. The van der Waals surface area contributed by atoms with Crippen LogP contribution in [0.2, 0.25) is 0 Å². The minimum absolute atomic E-state index is 0.00432. The van der Waals surface area contributed by atoms with E-state index in [-0.39, 0.29) is 63.5 Å². The van der Waals surface area contributed by atoms with Crippen LogP contribution in [0.4, 0.5) is 38.5 Å². The summed E-state index contributed by atoms with van der Waals surface area (Å²) in [5.74, 6) is -3.66. The van der Waals surface area contributed by atoms with Crippen LogP contribution in [-0.4, -0.2) is 86.4 Å². The lowest BCUT2D eigenvalue weighted by Crippen LogP contribution is -2.38. The van der Waals surface area contributed by atoms with Crippen molar-refractivity contribution in [2.75, 3.05) is 49.1 Å².